The molecule has 0 radical (unpaired) electrons. The Morgan fingerprint density at radius 2 is 1.90 bits per heavy atom. The van der Waals surface area contributed by atoms with Crippen LogP contribution in [0.1, 0.15) is 10.4 Å². The second-order valence-corrected chi connectivity index (χ2v) is 7.22. The summed E-state index contributed by atoms with van der Waals surface area (Å²) < 4.78 is 12.8. The smallest absolute Gasteiger partial charge is 0.260 e. The maximum Gasteiger partial charge on any atom is 0.260 e. The van der Waals surface area contributed by atoms with E-state index in [9.17, 15) is 4.79 Å². The van der Waals surface area contributed by atoms with Gasteiger partial charge < -0.3 is 9.47 Å². The van der Waals surface area contributed by atoms with Gasteiger partial charge in [-0.2, -0.15) is 5.10 Å². The number of thiazole rings is 1. The predicted molar refractivity (Wildman–Crippen MR) is 110 cm³/mol. The first kappa shape index (κ1) is 17.4. The van der Waals surface area contributed by atoms with Gasteiger partial charge in [0.1, 0.15) is 13.2 Å². The summed E-state index contributed by atoms with van der Waals surface area (Å²) >= 11 is 1.37. The van der Waals surface area contributed by atoms with Gasteiger partial charge in [-0.3, -0.25) is 10.1 Å². The Hall–Kier alpha value is -3.65. The summed E-state index contributed by atoms with van der Waals surface area (Å²) in [6, 6.07) is 15.3. The SMILES string of the molecule is O=C(Nc1nc(-c2ccc3c(c2)OCCO3)cs1)c1cnn(-c2ccccc2)c1. The standard InChI is InChI=1S/C21H16N4O3S/c26-20(15-11-22-25(12-15)16-4-2-1-3-5-16)24-21-23-17(13-29-21)14-6-7-18-19(10-14)28-9-8-27-18/h1-7,10-13H,8-9H2,(H,23,24,26). The van der Waals surface area contributed by atoms with Gasteiger partial charge >= 0.3 is 0 Å². The Bertz CT molecular complexity index is 1170. The van der Waals surface area contributed by atoms with E-state index in [4.69, 9.17) is 9.47 Å². The summed E-state index contributed by atoms with van der Waals surface area (Å²) in [6.45, 7) is 1.09. The average Bonchev–Trinajstić information content (AvgIpc) is 3.44. The predicted octanol–water partition coefficient (Wildman–Crippen LogP) is 4.02. The van der Waals surface area contributed by atoms with E-state index in [1.165, 1.54) is 17.5 Å². The molecule has 0 saturated carbocycles. The van der Waals surface area contributed by atoms with Crippen molar-refractivity contribution in [3.05, 3.63) is 71.9 Å². The van der Waals surface area contributed by atoms with Gasteiger partial charge in [-0.15, -0.1) is 11.3 Å². The van der Waals surface area contributed by atoms with Gasteiger partial charge in [0.15, 0.2) is 16.6 Å². The number of carbonyl (C=O) groups excluding carboxylic acids is 1. The molecule has 0 aliphatic carbocycles. The van der Waals surface area contributed by atoms with Crippen molar-refractivity contribution in [1.82, 2.24) is 14.8 Å². The summed E-state index contributed by atoms with van der Waals surface area (Å²) in [4.78, 5) is 17.1. The van der Waals surface area contributed by atoms with Crippen molar-refractivity contribution in [2.75, 3.05) is 18.5 Å². The first-order chi connectivity index (χ1) is 14.3. The molecule has 8 heteroatoms. The summed E-state index contributed by atoms with van der Waals surface area (Å²) in [5, 5.41) is 9.51. The number of fused-ring (bicyclic) bond motifs is 1. The number of nitrogens with zero attached hydrogens (tertiary/aromatic N) is 3. The Kier molecular flexibility index (Phi) is 4.45. The van der Waals surface area contributed by atoms with Gasteiger partial charge in [0.05, 0.1) is 23.1 Å². The van der Waals surface area contributed by atoms with Crippen LogP contribution in [0, 0.1) is 0 Å². The van der Waals surface area contributed by atoms with E-state index < -0.39 is 0 Å². The molecule has 0 fully saturated rings. The molecule has 1 N–H and O–H groups in total. The molecule has 0 spiro atoms. The zero-order valence-corrected chi connectivity index (χ0v) is 16.1. The van der Waals surface area contributed by atoms with E-state index in [0.29, 0.717) is 29.7 Å². The monoisotopic (exact) mass is 404 g/mol. The third-order valence-electron chi connectivity index (χ3n) is 4.43. The molecule has 5 rings (SSSR count). The fourth-order valence-electron chi connectivity index (χ4n) is 3.00. The topological polar surface area (TPSA) is 78.3 Å². The number of ether oxygens (including phenoxy) is 2. The van der Waals surface area contributed by atoms with Gasteiger partial charge in [-0.25, -0.2) is 9.67 Å². The average molecular weight is 404 g/mol. The number of aromatic nitrogens is 3. The van der Waals surface area contributed by atoms with Crippen LogP contribution < -0.4 is 14.8 Å². The second kappa shape index (κ2) is 7.40. The maximum absolute atomic E-state index is 12.6. The summed E-state index contributed by atoms with van der Waals surface area (Å²) in [7, 11) is 0. The number of hydrogen-bond acceptors (Lipinski definition) is 6. The Balaban J connectivity index is 1.31. The molecule has 144 valence electrons. The van der Waals surface area contributed by atoms with Gasteiger partial charge in [0.2, 0.25) is 0 Å². The second-order valence-electron chi connectivity index (χ2n) is 6.36. The minimum Gasteiger partial charge on any atom is -0.486 e. The van der Waals surface area contributed by atoms with E-state index in [-0.39, 0.29) is 5.91 Å². The molecule has 0 unspecified atom stereocenters. The lowest BCUT2D eigenvalue weighted by atomic mass is 10.1. The normalized spacial score (nSPS) is 12.6. The molecule has 0 atom stereocenters. The van der Waals surface area contributed by atoms with Crippen LogP contribution in [-0.4, -0.2) is 33.9 Å². The van der Waals surface area contributed by atoms with Crippen molar-refractivity contribution in [1.29, 1.82) is 0 Å². The van der Waals surface area contributed by atoms with Crippen molar-refractivity contribution in [3.8, 4) is 28.4 Å². The molecular weight excluding hydrogens is 388 g/mol. The van der Waals surface area contributed by atoms with Crippen LogP contribution in [0.3, 0.4) is 0 Å². The number of carbonyl (C=O) groups is 1. The Morgan fingerprint density at radius 1 is 1.07 bits per heavy atom. The van der Waals surface area contributed by atoms with Crippen molar-refractivity contribution in [2.24, 2.45) is 0 Å². The van der Waals surface area contributed by atoms with Gasteiger partial charge in [0.25, 0.3) is 5.91 Å². The van der Waals surface area contributed by atoms with Crippen LogP contribution >= 0.6 is 11.3 Å². The first-order valence-corrected chi connectivity index (χ1v) is 9.91. The minimum atomic E-state index is -0.254. The quantitative estimate of drug-likeness (QED) is 0.556. The molecule has 2 aromatic heterocycles. The third kappa shape index (κ3) is 3.57. The molecule has 3 heterocycles. The third-order valence-corrected chi connectivity index (χ3v) is 5.19. The van der Waals surface area contributed by atoms with Gasteiger partial charge in [-0.1, -0.05) is 18.2 Å². The lowest BCUT2D eigenvalue weighted by Gasteiger charge is -2.18. The maximum atomic E-state index is 12.6. The molecule has 1 aliphatic rings. The fraction of sp³-hybridized carbons (Fsp3) is 0.0952. The van der Waals surface area contributed by atoms with Crippen molar-refractivity contribution >= 4 is 22.4 Å². The number of hydrogen-bond donors (Lipinski definition) is 1. The Morgan fingerprint density at radius 3 is 2.76 bits per heavy atom. The molecule has 0 bridgehead atoms. The van der Waals surface area contributed by atoms with E-state index in [0.717, 1.165) is 22.7 Å². The van der Waals surface area contributed by atoms with Gasteiger partial charge in [-0.05, 0) is 30.3 Å². The Labute approximate surface area is 170 Å². The van der Waals surface area contributed by atoms with E-state index >= 15 is 0 Å². The summed E-state index contributed by atoms with van der Waals surface area (Å²) in [5.74, 6) is 1.19. The highest BCUT2D eigenvalue weighted by Gasteiger charge is 2.15. The summed E-state index contributed by atoms with van der Waals surface area (Å²) in [5.41, 5.74) is 3.02. The number of benzene rings is 2. The van der Waals surface area contributed by atoms with Crippen LogP contribution in [0.15, 0.2) is 66.3 Å². The van der Waals surface area contributed by atoms with Crippen LogP contribution in [0.5, 0.6) is 11.5 Å². The zero-order chi connectivity index (χ0) is 19.6. The summed E-state index contributed by atoms with van der Waals surface area (Å²) in [6.07, 6.45) is 3.23. The van der Waals surface area contributed by atoms with Crippen LogP contribution in [-0.2, 0) is 0 Å². The van der Waals surface area contributed by atoms with Crippen LogP contribution in [0.4, 0.5) is 5.13 Å². The van der Waals surface area contributed by atoms with Crippen LogP contribution in [0.2, 0.25) is 0 Å². The molecule has 2 aromatic carbocycles. The number of nitrogens with one attached hydrogen (secondary N) is 1. The number of amides is 1. The highest BCUT2D eigenvalue weighted by atomic mass is 32.1. The number of para-hydroxylation sites is 1. The highest BCUT2D eigenvalue weighted by Crippen LogP contribution is 2.35. The molecule has 7 nitrogen and oxygen atoms in total. The van der Waals surface area contributed by atoms with Crippen molar-refractivity contribution < 1.29 is 14.3 Å². The molecule has 29 heavy (non-hydrogen) atoms. The van der Waals surface area contributed by atoms with Gasteiger partial charge in [0, 0.05) is 17.1 Å². The van der Waals surface area contributed by atoms with Crippen molar-refractivity contribution in [3.63, 3.8) is 0 Å². The molecule has 1 amide bonds. The van der Waals surface area contributed by atoms with E-state index in [1.54, 1.807) is 10.9 Å². The fourth-order valence-corrected chi connectivity index (χ4v) is 3.71. The molecule has 1 aliphatic heterocycles. The number of rotatable bonds is 4. The zero-order valence-electron chi connectivity index (χ0n) is 15.2. The first-order valence-electron chi connectivity index (χ1n) is 9.03. The molecular formula is C21H16N4O3S. The minimum absolute atomic E-state index is 0.254. The number of anilines is 1. The lowest BCUT2D eigenvalue weighted by molar-refractivity contribution is 0.102. The van der Waals surface area contributed by atoms with Crippen molar-refractivity contribution in [2.45, 2.75) is 0 Å². The highest BCUT2D eigenvalue weighted by molar-refractivity contribution is 7.14. The molecule has 0 saturated heterocycles. The van der Waals surface area contributed by atoms with E-state index in [2.05, 4.69) is 15.4 Å². The largest absolute Gasteiger partial charge is 0.486 e. The lowest BCUT2D eigenvalue weighted by Crippen LogP contribution is -2.15. The molecule has 4 aromatic rings. The van der Waals surface area contributed by atoms with Crippen LogP contribution in [0.25, 0.3) is 16.9 Å². The van der Waals surface area contributed by atoms with E-state index in [1.807, 2.05) is 53.9 Å².